The number of Topliss-reactive ketones (excluding diaryl/α,β-unsaturated/α-hetero) is 1. The number of benzene rings is 2. The number of ketones is 1. The van der Waals surface area contributed by atoms with Crippen LogP contribution in [-0.2, 0) is 14.3 Å². The highest BCUT2D eigenvalue weighted by Crippen LogP contribution is 2.44. The van der Waals surface area contributed by atoms with Crippen LogP contribution in [0.15, 0.2) is 54.1 Å². The molecule has 1 aliphatic rings. The number of aryl methyl sites for hydroxylation is 2. The molecule has 8 nitrogen and oxygen atoms in total. The van der Waals surface area contributed by atoms with Gasteiger partial charge in [0, 0.05) is 5.56 Å². The molecule has 1 fully saturated rings. The minimum atomic E-state index is -0.931. The van der Waals surface area contributed by atoms with Crippen LogP contribution in [0, 0.1) is 13.8 Å². The van der Waals surface area contributed by atoms with Crippen molar-refractivity contribution in [2.45, 2.75) is 26.8 Å². The van der Waals surface area contributed by atoms with Crippen molar-refractivity contribution < 1.29 is 29.0 Å². The number of carbonyl (C=O) groups is 3. The van der Waals surface area contributed by atoms with Gasteiger partial charge in [0.15, 0.2) is 5.13 Å². The van der Waals surface area contributed by atoms with E-state index < -0.39 is 23.7 Å². The van der Waals surface area contributed by atoms with Crippen molar-refractivity contribution in [3.63, 3.8) is 0 Å². The Bertz CT molecular complexity index is 1350. The molecule has 9 heteroatoms. The lowest BCUT2D eigenvalue weighted by Gasteiger charge is -2.23. The number of esters is 1. The number of thiazole rings is 1. The Kier molecular flexibility index (Phi) is 6.70. The van der Waals surface area contributed by atoms with Crippen LogP contribution in [0.3, 0.4) is 0 Å². The lowest BCUT2D eigenvalue weighted by atomic mass is 9.95. The molecule has 0 bridgehead atoms. The van der Waals surface area contributed by atoms with Crippen LogP contribution >= 0.6 is 11.3 Å². The van der Waals surface area contributed by atoms with Crippen molar-refractivity contribution in [2.75, 3.05) is 18.6 Å². The lowest BCUT2D eigenvalue weighted by molar-refractivity contribution is -0.132. The molecule has 35 heavy (non-hydrogen) atoms. The van der Waals surface area contributed by atoms with E-state index in [1.54, 1.807) is 49.4 Å². The Morgan fingerprint density at radius 3 is 2.49 bits per heavy atom. The summed E-state index contributed by atoms with van der Waals surface area (Å²) >= 11 is 0.960. The van der Waals surface area contributed by atoms with E-state index >= 15 is 0 Å². The molecular weight excluding hydrogens is 468 g/mol. The van der Waals surface area contributed by atoms with Crippen molar-refractivity contribution in [3.8, 4) is 5.75 Å². The average molecular weight is 493 g/mol. The van der Waals surface area contributed by atoms with Crippen molar-refractivity contribution in [2.24, 2.45) is 0 Å². The van der Waals surface area contributed by atoms with Crippen molar-refractivity contribution in [1.82, 2.24) is 4.98 Å². The summed E-state index contributed by atoms with van der Waals surface area (Å²) in [7, 11) is 1.26. The van der Waals surface area contributed by atoms with Crippen molar-refractivity contribution >= 4 is 39.9 Å². The second-order valence-electron chi connectivity index (χ2n) is 7.90. The second-order valence-corrected chi connectivity index (χ2v) is 8.87. The van der Waals surface area contributed by atoms with Crippen molar-refractivity contribution in [1.29, 1.82) is 0 Å². The Morgan fingerprint density at radius 1 is 1.14 bits per heavy atom. The molecule has 1 amide bonds. The first-order valence-corrected chi connectivity index (χ1v) is 11.8. The third-order valence-electron chi connectivity index (χ3n) is 5.67. The second kappa shape index (κ2) is 9.71. The highest BCUT2D eigenvalue weighted by Gasteiger charge is 2.48. The van der Waals surface area contributed by atoms with Gasteiger partial charge in [0.2, 0.25) is 0 Å². The fourth-order valence-corrected chi connectivity index (χ4v) is 5.03. The van der Waals surface area contributed by atoms with E-state index in [9.17, 15) is 19.5 Å². The number of aromatic nitrogens is 1. The smallest absolute Gasteiger partial charge is 0.350 e. The van der Waals surface area contributed by atoms with Crippen LogP contribution in [0.2, 0.25) is 0 Å². The molecule has 2 heterocycles. The van der Waals surface area contributed by atoms with E-state index in [0.717, 1.165) is 16.9 Å². The first-order chi connectivity index (χ1) is 16.8. The molecule has 2 aromatic carbocycles. The molecule has 0 aliphatic carbocycles. The number of hydrogen-bond acceptors (Lipinski definition) is 8. The maximum Gasteiger partial charge on any atom is 0.350 e. The van der Waals surface area contributed by atoms with Gasteiger partial charge in [-0.2, -0.15) is 0 Å². The predicted molar refractivity (Wildman–Crippen MR) is 132 cm³/mol. The Morgan fingerprint density at radius 2 is 1.86 bits per heavy atom. The van der Waals surface area contributed by atoms with E-state index in [2.05, 4.69) is 4.98 Å². The van der Waals surface area contributed by atoms with Crippen LogP contribution in [0.25, 0.3) is 5.76 Å². The van der Waals surface area contributed by atoms with Gasteiger partial charge in [-0.25, -0.2) is 9.78 Å². The minimum absolute atomic E-state index is 0.0581. The Hall–Kier alpha value is -3.98. The zero-order valence-corrected chi connectivity index (χ0v) is 20.5. The molecule has 1 saturated heterocycles. The van der Waals surface area contributed by atoms with E-state index in [1.807, 2.05) is 19.9 Å². The van der Waals surface area contributed by atoms with Gasteiger partial charge in [0.1, 0.15) is 16.4 Å². The van der Waals surface area contributed by atoms with E-state index in [4.69, 9.17) is 9.47 Å². The molecule has 1 atom stereocenters. The van der Waals surface area contributed by atoms with Crippen LogP contribution in [0.4, 0.5) is 5.13 Å². The zero-order valence-electron chi connectivity index (χ0n) is 19.7. The summed E-state index contributed by atoms with van der Waals surface area (Å²) in [5, 5.41) is 11.5. The topological polar surface area (TPSA) is 106 Å². The molecule has 0 radical (unpaired) electrons. The first kappa shape index (κ1) is 24.2. The largest absolute Gasteiger partial charge is 0.507 e. The van der Waals surface area contributed by atoms with E-state index in [1.165, 1.54) is 12.0 Å². The summed E-state index contributed by atoms with van der Waals surface area (Å²) < 4.78 is 10.4. The number of rotatable bonds is 6. The van der Waals surface area contributed by atoms with Gasteiger partial charge < -0.3 is 14.6 Å². The summed E-state index contributed by atoms with van der Waals surface area (Å²) in [5.41, 5.74) is 2.10. The van der Waals surface area contributed by atoms with Gasteiger partial charge in [0.05, 0.1) is 31.0 Å². The maximum absolute atomic E-state index is 13.3. The SMILES string of the molecule is CCOc1ccc(C(O)=C2C(=O)C(=O)N(c3nc(C)c(C(=O)OC)s3)[C@H]2c2ccccc2)cc1C. The van der Waals surface area contributed by atoms with Gasteiger partial charge in [-0.1, -0.05) is 41.7 Å². The summed E-state index contributed by atoms with van der Waals surface area (Å²) in [6.45, 7) is 5.83. The number of anilines is 1. The number of ether oxygens (including phenoxy) is 2. The highest BCUT2D eigenvalue weighted by atomic mass is 32.1. The summed E-state index contributed by atoms with van der Waals surface area (Å²) in [6.07, 6.45) is 0. The number of carbonyl (C=O) groups excluding carboxylic acids is 3. The minimum Gasteiger partial charge on any atom is -0.507 e. The third kappa shape index (κ3) is 4.30. The number of nitrogens with zero attached hydrogens (tertiary/aromatic N) is 2. The van der Waals surface area contributed by atoms with Gasteiger partial charge in [0.25, 0.3) is 5.78 Å². The van der Waals surface area contributed by atoms with Crippen LogP contribution in [-0.4, -0.2) is 41.5 Å². The van der Waals surface area contributed by atoms with Crippen LogP contribution in [0.5, 0.6) is 5.75 Å². The van der Waals surface area contributed by atoms with Gasteiger partial charge in [-0.3, -0.25) is 14.5 Å². The Labute approximate surface area is 206 Å². The first-order valence-electron chi connectivity index (χ1n) is 10.9. The average Bonchev–Trinajstić information content (AvgIpc) is 3.36. The predicted octanol–water partition coefficient (Wildman–Crippen LogP) is 4.57. The lowest BCUT2D eigenvalue weighted by Crippen LogP contribution is -2.29. The third-order valence-corrected chi connectivity index (χ3v) is 6.81. The number of hydrogen-bond donors (Lipinski definition) is 1. The number of methoxy groups -OCH3 is 1. The molecular formula is C26H24N2O6S. The van der Waals surface area contributed by atoms with E-state index in [0.29, 0.717) is 29.2 Å². The molecule has 0 saturated carbocycles. The monoisotopic (exact) mass is 492 g/mol. The summed E-state index contributed by atoms with van der Waals surface area (Å²) in [4.78, 5) is 44.5. The van der Waals surface area contributed by atoms with Gasteiger partial charge >= 0.3 is 11.9 Å². The van der Waals surface area contributed by atoms with Crippen LogP contribution < -0.4 is 9.64 Å². The maximum atomic E-state index is 13.3. The molecule has 1 aromatic heterocycles. The molecule has 3 aromatic rings. The number of aliphatic hydroxyl groups is 1. The molecule has 0 spiro atoms. The van der Waals surface area contributed by atoms with Crippen molar-refractivity contribution in [3.05, 3.63) is 81.4 Å². The fraction of sp³-hybridized carbons (Fsp3) is 0.231. The van der Waals surface area contributed by atoms with Crippen LogP contribution in [0.1, 0.15) is 45.0 Å². The molecule has 1 aliphatic heterocycles. The molecule has 180 valence electrons. The number of aliphatic hydroxyl groups excluding tert-OH is 1. The fourth-order valence-electron chi connectivity index (χ4n) is 4.02. The highest BCUT2D eigenvalue weighted by molar-refractivity contribution is 7.17. The molecule has 4 rings (SSSR count). The normalized spacial score (nSPS) is 17.0. The molecule has 0 unspecified atom stereocenters. The zero-order chi connectivity index (χ0) is 25.3. The summed E-state index contributed by atoms with van der Waals surface area (Å²) in [6, 6.07) is 13.0. The van der Waals surface area contributed by atoms with E-state index in [-0.39, 0.29) is 21.3 Å². The number of amides is 1. The molecule has 1 N–H and O–H groups in total. The quantitative estimate of drug-likeness (QED) is 0.232. The standard InChI is InChI=1S/C26H24N2O6S/c1-5-34-18-12-11-17(13-14(18)2)21(29)19-20(16-9-7-6-8-10-16)28(24(31)22(19)30)26-27-15(3)23(35-26)25(32)33-4/h6-13,20,29H,5H2,1-4H3/t20-/m0/s1. The van der Waals surface area contributed by atoms with Gasteiger partial charge in [-0.15, -0.1) is 0 Å². The van der Waals surface area contributed by atoms with Gasteiger partial charge in [-0.05, 0) is 50.1 Å². The summed E-state index contributed by atoms with van der Waals surface area (Å²) in [5.74, 6) is -1.89. The Balaban J connectivity index is 1.90.